The van der Waals surface area contributed by atoms with Gasteiger partial charge in [-0.15, -0.1) is 0 Å². The highest BCUT2D eigenvalue weighted by Crippen LogP contribution is 2.33. The summed E-state index contributed by atoms with van der Waals surface area (Å²) in [5.41, 5.74) is 0.897. The molecular formula is C19H24N2O3. The average Bonchev–Trinajstić information content (AvgIpc) is 2.71. The first-order chi connectivity index (χ1) is 11.6. The summed E-state index contributed by atoms with van der Waals surface area (Å²) >= 11 is 0. The molecular weight excluding hydrogens is 304 g/mol. The number of hydrogen-bond donors (Lipinski definition) is 0. The molecule has 0 aromatic heterocycles. The monoisotopic (exact) mass is 328 g/mol. The van der Waals surface area contributed by atoms with Crippen molar-refractivity contribution in [2.24, 2.45) is 5.92 Å². The summed E-state index contributed by atoms with van der Waals surface area (Å²) in [6.07, 6.45) is 3.81. The molecule has 0 spiro atoms. The van der Waals surface area contributed by atoms with Gasteiger partial charge in [-0.05, 0) is 44.2 Å². The Kier molecular flexibility index (Phi) is 4.69. The summed E-state index contributed by atoms with van der Waals surface area (Å²) in [7, 11) is 0. The predicted molar refractivity (Wildman–Crippen MR) is 91.7 cm³/mol. The average molecular weight is 328 g/mol. The molecule has 2 aliphatic heterocycles. The number of carbonyl (C=O) groups excluding carboxylic acids is 3. The van der Waals surface area contributed by atoms with Gasteiger partial charge < -0.3 is 4.90 Å². The fourth-order valence-electron chi connectivity index (χ4n) is 3.75. The highest BCUT2D eigenvalue weighted by atomic mass is 16.2. The minimum atomic E-state index is -0.517. The Hall–Kier alpha value is -2.17. The van der Waals surface area contributed by atoms with Crippen LogP contribution in [0.1, 0.15) is 56.3 Å². The quantitative estimate of drug-likeness (QED) is 0.857. The maximum Gasteiger partial charge on any atom is 0.256 e. The Bertz CT molecular complexity index is 666. The van der Waals surface area contributed by atoms with Crippen molar-refractivity contribution in [2.75, 3.05) is 11.4 Å². The highest BCUT2D eigenvalue weighted by molar-refractivity contribution is 6.22. The topological polar surface area (TPSA) is 57.7 Å². The lowest BCUT2D eigenvalue weighted by atomic mass is 9.98. The number of imide groups is 1. The molecule has 5 nitrogen and oxygen atoms in total. The third kappa shape index (κ3) is 2.62. The standard InChI is InChI=1S/C19H24N2O3/c1-3-13(4-2)17(22)21-15-10-6-5-9-14(15)18(23)20-12-8-7-11-16(20)19(21)24/h5-6,9-10,13,16H,3-4,7-8,11-12H2,1-2H3/t16-/m0/s1. The van der Waals surface area contributed by atoms with Crippen LogP contribution >= 0.6 is 0 Å². The van der Waals surface area contributed by atoms with Gasteiger partial charge in [-0.25, -0.2) is 4.90 Å². The van der Waals surface area contributed by atoms with Crippen molar-refractivity contribution in [1.29, 1.82) is 0 Å². The molecule has 24 heavy (non-hydrogen) atoms. The lowest BCUT2D eigenvalue weighted by Gasteiger charge is -2.34. The number of amides is 3. The third-order valence-electron chi connectivity index (χ3n) is 5.20. The lowest BCUT2D eigenvalue weighted by Crippen LogP contribution is -2.53. The van der Waals surface area contributed by atoms with Crippen molar-refractivity contribution in [1.82, 2.24) is 4.90 Å². The van der Waals surface area contributed by atoms with E-state index in [4.69, 9.17) is 0 Å². The number of hydrogen-bond acceptors (Lipinski definition) is 3. The first kappa shape index (κ1) is 16.7. The van der Waals surface area contributed by atoms with Gasteiger partial charge in [-0.1, -0.05) is 26.0 Å². The molecule has 0 bridgehead atoms. The fraction of sp³-hybridized carbons (Fsp3) is 0.526. The molecule has 0 N–H and O–H groups in total. The zero-order valence-electron chi connectivity index (χ0n) is 14.3. The van der Waals surface area contributed by atoms with Crippen LogP contribution in [0.15, 0.2) is 24.3 Å². The Balaban J connectivity index is 2.12. The van der Waals surface area contributed by atoms with Gasteiger partial charge in [0.2, 0.25) is 5.91 Å². The van der Waals surface area contributed by atoms with E-state index in [-0.39, 0.29) is 23.6 Å². The number of rotatable bonds is 3. The van der Waals surface area contributed by atoms with E-state index >= 15 is 0 Å². The minimum Gasteiger partial charge on any atom is -0.327 e. The van der Waals surface area contributed by atoms with E-state index in [9.17, 15) is 14.4 Å². The van der Waals surface area contributed by atoms with E-state index in [2.05, 4.69) is 0 Å². The maximum absolute atomic E-state index is 13.2. The zero-order valence-corrected chi connectivity index (χ0v) is 14.3. The van der Waals surface area contributed by atoms with E-state index in [0.717, 1.165) is 12.8 Å². The second-order valence-corrected chi connectivity index (χ2v) is 6.55. The number of benzene rings is 1. The lowest BCUT2D eigenvalue weighted by molar-refractivity contribution is -0.131. The van der Waals surface area contributed by atoms with Crippen molar-refractivity contribution in [3.8, 4) is 0 Å². The normalized spacial score (nSPS) is 20.7. The molecule has 0 aliphatic carbocycles. The third-order valence-corrected chi connectivity index (χ3v) is 5.20. The number of nitrogens with zero attached hydrogens (tertiary/aromatic N) is 2. The van der Waals surface area contributed by atoms with Crippen LogP contribution in [0.5, 0.6) is 0 Å². The van der Waals surface area contributed by atoms with Crippen molar-refractivity contribution in [2.45, 2.75) is 52.0 Å². The fourth-order valence-corrected chi connectivity index (χ4v) is 3.75. The van der Waals surface area contributed by atoms with Crippen LogP contribution in [-0.4, -0.2) is 35.2 Å². The molecule has 5 heteroatoms. The van der Waals surface area contributed by atoms with Crippen LogP contribution in [0.2, 0.25) is 0 Å². The minimum absolute atomic E-state index is 0.136. The molecule has 1 aromatic rings. The van der Waals surface area contributed by atoms with Crippen molar-refractivity contribution < 1.29 is 14.4 Å². The number of carbonyl (C=O) groups is 3. The molecule has 0 unspecified atom stereocenters. The number of para-hydroxylation sites is 1. The molecule has 3 amide bonds. The largest absolute Gasteiger partial charge is 0.327 e. The van der Waals surface area contributed by atoms with Crippen LogP contribution < -0.4 is 4.90 Å². The maximum atomic E-state index is 13.2. The molecule has 1 atom stereocenters. The smallest absolute Gasteiger partial charge is 0.256 e. The summed E-state index contributed by atoms with van der Waals surface area (Å²) in [5.74, 6) is -0.765. The van der Waals surface area contributed by atoms with Gasteiger partial charge in [-0.2, -0.15) is 0 Å². The number of fused-ring (bicyclic) bond motifs is 2. The summed E-state index contributed by atoms with van der Waals surface area (Å²) < 4.78 is 0. The Morgan fingerprint density at radius 3 is 2.58 bits per heavy atom. The van der Waals surface area contributed by atoms with Crippen LogP contribution in [0, 0.1) is 5.92 Å². The predicted octanol–water partition coefficient (Wildman–Crippen LogP) is 2.99. The van der Waals surface area contributed by atoms with Gasteiger partial charge in [0.15, 0.2) is 0 Å². The van der Waals surface area contributed by atoms with Crippen molar-refractivity contribution in [3.05, 3.63) is 29.8 Å². The summed E-state index contributed by atoms with van der Waals surface area (Å²) in [6, 6.07) is 6.47. The van der Waals surface area contributed by atoms with Crippen LogP contribution in [0.4, 0.5) is 5.69 Å². The summed E-state index contributed by atoms with van der Waals surface area (Å²) in [4.78, 5) is 42.1. The molecule has 128 valence electrons. The highest BCUT2D eigenvalue weighted by Gasteiger charge is 2.43. The number of anilines is 1. The molecule has 2 aliphatic rings. The van der Waals surface area contributed by atoms with E-state index < -0.39 is 6.04 Å². The Morgan fingerprint density at radius 1 is 1.17 bits per heavy atom. The molecule has 0 saturated carbocycles. The molecule has 2 heterocycles. The molecule has 1 fully saturated rings. The first-order valence-corrected chi connectivity index (χ1v) is 8.87. The molecule has 1 aromatic carbocycles. The van der Waals surface area contributed by atoms with E-state index in [1.807, 2.05) is 13.8 Å². The van der Waals surface area contributed by atoms with E-state index in [1.165, 1.54) is 4.90 Å². The zero-order chi connectivity index (χ0) is 17.3. The van der Waals surface area contributed by atoms with Gasteiger partial charge in [0.05, 0.1) is 11.3 Å². The second-order valence-electron chi connectivity index (χ2n) is 6.55. The van der Waals surface area contributed by atoms with Gasteiger partial charge in [0, 0.05) is 12.5 Å². The van der Waals surface area contributed by atoms with Gasteiger partial charge >= 0.3 is 0 Å². The van der Waals surface area contributed by atoms with E-state index in [0.29, 0.717) is 37.1 Å². The molecule has 3 rings (SSSR count). The second kappa shape index (κ2) is 6.75. The Morgan fingerprint density at radius 2 is 1.88 bits per heavy atom. The van der Waals surface area contributed by atoms with Crippen LogP contribution in [0.25, 0.3) is 0 Å². The SMILES string of the molecule is CCC(CC)C(=O)N1C(=O)[C@@H]2CCCCN2C(=O)c2ccccc21. The molecule has 1 saturated heterocycles. The van der Waals surface area contributed by atoms with Gasteiger partial charge in [0.1, 0.15) is 6.04 Å². The van der Waals surface area contributed by atoms with Gasteiger partial charge in [-0.3, -0.25) is 14.4 Å². The molecule has 0 radical (unpaired) electrons. The summed E-state index contributed by atoms with van der Waals surface area (Å²) in [6.45, 7) is 4.49. The van der Waals surface area contributed by atoms with Crippen LogP contribution in [0.3, 0.4) is 0 Å². The first-order valence-electron chi connectivity index (χ1n) is 8.87. The summed E-state index contributed by atoms with van der Waals surface area (Å²) in [5, 5.41) is 0. The van der Waals surface area contributed by atoms with Crippen molar-refractivity contribution >= 4 is 23.4 Å². The van der Waals surface area contributed by atoms with Crippen molar-refractivity contribution in [3.63, 3.8) is 0 Å². The number of piperidine rings is 1. The van der Waals surface area contributed by atoms with Gasteiger partial charge in [0.25, 0.3) is 11.8 Å². The van der Waals surface area contributed by atoms with E-state index in [1.54, 1.807) is 29.2 Å². The van der Waals surface area contributed by atoms with Crippen LogP contribution in [-0.2, 0) is 9.59 Å². The Labute approximate surface area is 142 Å².